The lowest BCUT2D eigenvalue weighted by molar-refractivity contribution is 0.354. The molecule has 3 aromatic carbocycles. The minimum atomic E-state index is 0.133. The van der Waals surface area contributed by atoms with E-state index in [0.717, 1.165) is 78.7 Å². The number of hydrogen-bond acceptors (Lipinski definition) is 5. The normalized spacial score (nSPS) is 15.1. The topological polar surface area (TPSA) is 84.0 Å². The second-order valence-corrected chi connectivity index (χ2v) is 11.3. The van der Waals surface area contributed by atoms with E-state index < -0.39 is 0 Å². The monoisotopic (exact) mass is 560 g/mol. The molecular weight excluding hydrogens is 524 g/mol. The predicted molar refractivity (Wildman–Crippen MR) is 170 cm³/mol. The van der Waals surface area contributed by atoms with E-state index in [9.17, 15) is 0 Å². The molecule has 0 saturated carbocycles. The van der Waals surface area contributed by atoms with Crippen LogP contribution in [0.25, 0.3) is 21.8 Å². The Balaban J connectivity index is 1.29. The third-order valence-electron chi connectivity index (χ3n) is 8.84. The fourth-order valence-corrected chi connectivity index (χ4v) is 6.72. The van der Waals surface area contributed by atoms with Crippen LogP contribution in [0.2, 0.25) is 0 Å². The Kier molecular flexibility index (Phi) is 6.73. The number of aliphatic imine (C=N–C) groups is 2. The van der Waals surface area contributed by atoms with Crippen molar-refractivity contribution in [3.63, 3.8) is 0 Å². The Morgan fingerprint density at radius 3 is 1.93 bits per heavy atom. The van der Waals surface area contributed by atoms with Gasteiger partial charge in [-0.25, -0.2) is 0 Å². The summed E-state index contributed by atoms with van der Waals surface area (Å²) in [4.78, 5) is 17.6. The fraction of sp³-hybridized carbons (Fsp3) is 0.314. The van der Waals surface area contributed by atoms with E-state index in [0.29, 0.717) is 0 Å². The highest BCUT2D eigenvalue weighted by atomic mass is 16.5. The van der Waals surface area contributed by atoms with Gasteiger partial charge in [0.2, 0.25) is 0 Å². The molecule has 7 rings (SSSR count). The summed E-state index contributed by atoms with van der Waals surface area (Å²) in [7, 11) is 5.07. The SMILES string of the molecule is COc1ccc2c3c([nH]c2c1)C(CC(CC1=NCCc2c1[nH]c1cc(C)ccc21)c1ccc(OC)c(OC)c1)=NCC3. The first-order valence-electron chi connectivity index (χ1n) is 14.7. The summed E-state index contributed by atoms with van der Waals surface area (Å²) < 4.78 is 16.8. The highest BCUT2D eigenvalue weighted by molar-refractivity contribution is 6.09. The number of aromatic amines is 2. The number of H-pyrrole nitrogens is 2. The van der Waals surface area contributed by atoms with E-state index in [-0.39, 0.29) is 5.92 Å². The number of aromatic nitrogens is 2. The number of hydrogen-bond donors (Lipinski definition) is 2. The Morgan fingerprint density at radius 2 is 1.31 bits per heavy atom. The standard InChI is InChI=1S/C35H36N4O3/c1-20-5-8-24-26-11-13-36-30(34(26)38-28(24)15-20)16-22(21-6-10-32(41-3)33(18-21)42-4)17-31-35-27(12-14-37-31)25-9-7-23(40-2)19-29(25)39-35/h5-10,15,18-19,22,38-39H,11-14,16-17H2,1-4H3. The molecule has 7 nitrogen and oxygen atoms in total. The highest BCUT2D eigenvalue weighted by Gasteiger charge is 2.28. The number of nitrogens with zero attached hydrogens (tertiary/aromatic N) is 2. The lowest BCUT2D eigenvalue weighted by Crippen LogP contribution is -2.20. The molecule has 4 heterocycles. The first-order chi connectivity index (χ1) is 20.6. The fourth-order valence-electron chi connectivity index (χ4n) is 6.72. The zero-order chi connectivity index (χ0) is 28.8. The first-order valence-corrected chi connectivity index (χ1v) is 14.7. The summed E-state index contributed by atoms with van der Waals surface area (Å²) in [6.07, 6.45) is 3.45. The zero-order valence-corrected chi connectivity index (χ0v) is 24.6. The van der Waals surface area contributed by atoms with Crippen LogP contribution in [0.4, 0.5) is 0 Å². The van der Waals surface area contributed by atoms with E-state index in [1.807, 2.05) is 12.1 Å². The molecule has 0 aliphatic carbocycles. The van der Waals surface area contributed by atoms with Gasteiger partial charge in [0.15, 0.2) is 11.5 Å². The van der Waals surface area contributed by atoms with Crippen LogP contribution in [-0.4, -0.2) is 55.8 Å². The van der Waals surface area contributed by atoms with Gasteiger partial charge in [0.1, 0.15) is 5.75 Å². The van der Waals surface area contributed by atoms with E-state index in [1.54, 1.807) is 21.3 Å². The van der Waals surface area contributed by atoms with E-state index in [4.69, 9.17) is 24.2 Å². The lowest BCUT2D eigenvalue weighted by Gasteiger charge is -2.24. The molecule has 5 aromatic rings. The number of benzene rings is 3. The third kappa shape index (κ3) is 4.53. The highest BCUT2D eigenvalue weighted by Crippen LogP contribution is 2.38. The molecule has 0 fully saturated rings. The number of nitrogens with one attached hydrogen (secondary N) is 2. The van der Waals surface area contributed by atoms with Gasteiger partial charge >= 0.3 is 0 Å². The second kappa shape index (κ2) is 10.7. The molecule has 0 spiro atoms. The predicted octanol–water partition coefficient (Wildman–Crippen LogP) is 6.94. The largest absolute Gasteiger partial charge is 0.497 e. The minimum Gasteiger partial charge on any atom is -0.497 e. The van der Waals surface area contributed by atoms with E-state index >= 15 is 0 Å². The summed E-state index contributed by atoms with van der Waals surface area (Å²) >= 11 is 0. The zero-order valence-electron chi connectivity index (χ0n) is 24.6. The second-order valence-electron chi connectivity index (χ2n) is 11.3. The van der Waals surface area contributed by atoms with Gasteiger partial charge in [0.25, 0.3) is 0 Å². The molecule has 0 saturated heterocycles. The Hall–Kier alpha value is -4.52. The van der Waals surface area contributed by atoms with Crippen molar-refractivity contribution >= 4 is 33.2 Å². The van der Waals surface area contributed by atoms with Crippen molar-refractivity contribution in [2.75, 3.05) is 34.4 Å². The first kappa shape index (κ1) is 26.4. The number of rotatable bonds is 8. The van der Waals surface area contributed by atoms with Crippen molar-refractivity contribution in [1.82, 2.24) is 9.97 Å². The molecule has 1 atom stereocenters. The van der Waals surface area contributed by atoms with Gasteiger partial charge in [-0.3, -0.25) is 9.98 Å². The van der Waals surface area contributed by atoms with Gasteiger partial charge in [-0.2, -0.15) is 0 Å². The number of aryl methyl sites for hydroxylation is 1. The summed E-state index contributed by atoms with van der Waals surface area (Å²) in [5, 5.41) is 2.55. The Morgan fingerprint density at radius 1 is 0.690 bits per heavy atom. The van der Waals surface area contributed by atoms with Gasteiger partial charge < -0.3 is 24.2 Å². The molecule has 2 aromatic heterocycles. The van der Waals surface area contributed by atoms with E-state index in [1.165, 1.54) is 44.2 Å². The molecule has 2 aliphatic rings. The van der Waals surface area contributed by atoms with Crippen molar-refractivity contribution in [3.8, 4) is 17.2 Å². The maximum atomic E-state index is 5.72. The molecule has 2 aliphatic heterocycles. The maximum absolute atomic E-state index is 5.72. The number of methoxy groups -OCH3 is 3. The molecule has 0 amide bonds. The smallest absolute Gasteiger partial charge is 0.160 e. The van der Waals surface area contributed by atoms with Crippen LogP contribution in [0, 0.1) is 6.92 Å². The van der Waals surface area contributed by atoms with Crippen molar-refractivity contribution in [3.05, 3.63) is 88.2 Å². The van der Waals surface area contributed by atoms with Crippen molar-refractivity contribution in [1.29, 1.82) is 0 Å². The van der Waals surface area contributed by atoms with Gasteiger partial charge in [-0.15, -0.1) is 0 Å². The van der Waals surface area contributed by atoms with Crippen LogP contribution in [0.15, 0.2) is 64.6 Å². The summed E-state index contributed by atoms with van der Waals surface area (Å²) in [5.41, 5.74) is 12.0. The average molecular weight is 561 g/mol. The molecule has 1 unspecified atom stereocenters. The maximum Gasteiger partial charge on any atom is 0.160 e. The number of ether oxygens (including phenoxy) is 3. The molecule has 0 bridgehead atoms. The van der Waals surface area contributed by atoms with Crippen LogP contribution >= 0.6 is 0 Å². The van der Waals surface area contributed by atoms with Crippen LogP contribution in [-0.2, 0) is 12.8 Å². The van der Waals surface area contributed by atoms with Crippen LogP contribution in [0.1, 0.15) is 52.4 Å². The molecule has 7 heteroatoms. The minimum absolute atomic E-state index is 0.133. The Bertz CT molecular complexity index is 1880. The molecule has 42 heavy (non-hydrogen) atoms. The molecule has 214 valence electrons. The summed E-state index contributed by atoms with van der Waals surface area (Å²) in [6, 6.07) is 19.2. The van der Waals surface area contributed by atoms with E-state index in [2.05, 4.69) is 59.4 Å². The van der Waals surface area contributed by atoms with Crippen LogP contribution < -0.4 is 14.2 Å². The molecular formula is C35H36N4O3. The summed E-state index contributed by atoms with van der Waals surface area (Å²) in [6.45, 7) is 3.73. The van der Waals surface area contributed by atoms with Gasteiger partial charge in [-0.05, 0) is 91.1 Å². The van der Waals surface area contributed by atoms with Crippen LogP contribution in [0.5, 0.6) is 17.2 Å². The van der Waals surface area contributed by atoms with Gasteiger partial charge in [0, 0.05) is 41.0 Å². The van der Waals surface area contributed by atoms with Crippen molar-refractivity contribution in [2.45, 2.75) is 38.5 Å². The average Bonchev–Trinajstić information content (AvgIpc) is 3.58. The van der Waals surface area contributed by atoms with Crippen molar-refractivity contribution < 1.29 is 14.2 Å². The van der Waals surface area contributed by atoms with Crippen LogP contribution in [0.3, 0.4) is 0 Å². The molecule has 2 N–H and O–H groups in total. The van der Waals surface area contributed by atoms with Crippen molar-refractivity contribution in [2.24, 2.45) is 9.98 Å². The Labute approximate surface area is 245 Å². The third-order valence-corrected chi connectivity index (χ3v) is 8.84. The number of fused-ring (bicyclic) bond motifs is 6. The quantitative estimate of drug-likeness (QED) is 0.216. The molecule has 0 radical (unpaired) electrons. The lowest BCUT2D eigenvalue weighted by atomic mass is 9.84. The van der Waals surface area contributed by atoms with Gasteiger partial charge in [-0.1, -0.05) is 18.2 Å². The summed E-state index contributed by atoms with van der Waals surface area (Å²) in [5.74, 6) is 2.44. The van der Waals surface area contributed by atoms with Gasteiger partial charge in [0.05, 0.1) is 44.1 Å².